The molecule has 100 valence electrons. The summed E-state index contributed by atoms with van der Waals surface area (Å²) >= 11 is 0. The average Bonchev–Trinajstić information content (AvgIpc) is 2.37. The van der Waals surface area contributed by atoms with Gasteiger partial charge in [-0.1, -0.05) is 23.3 Å². The Morgan fingerprint density at radius 1 is 0.900 bits per heavy atom. The maximum atomic E-state index is 13.9. The fourth-order valence-corrected chi connectivity index (χ4v) is 2.71. The molecule has 0 aliphatic heterocycles. The number of hydrogen-bond acceptors (Lipinski definition) is 1. The van der Waals surface area contributed by atoms with Crippen molar-refractivity contribution in [2.45, 2.75) is 20.8 Å². The molecule has 20 heavy (non-hydrogen) atoms. The van der Waals surface area contributed by atoms with Gasteiger partial charge in [0.2, 0.25) is 0 Å². The quantitative estimate of drug-likeness (QED) is 0.605. The van der Waals surface area contributed by atoms with Crippen LogP contribution in [-0.4, -0.2) is 4.98 Å². The predicted octanol–water partition coefficient (Wildman–Crippen LogP) is 4.97. The van der Waals surface area contributed by atoms with Crippen LogP contribution in [-0.2, 0) is 0 Å². The average molecular weight is 265 g/mol. The smallest absolute Gasteiger partial charge is 0.132 e. The Bertz CT molecular complexity index is 786. The Balaban J connectivity index is 2.27. The fourth-order valence-electron chi connectivity index (χ4n) is 2.71. The van der Waals surface area contributed by atoms with Crippen LogP contribution in [0.25, 0.3) is 22.2 Å². The van der Waals surface area contributed by atoms with Crippen LogP contribution in [0.4, 0.5) is 4.39 Å². The van der Waals surface area contributed by atoms with Gasteiger partial charge in [0.25, 0.3) is 0 Å². The van der Waals surface area contributed by atoms with Gasteiger partial charge in [-0.2, -0.15) is 0 Å². The van der Waals surface area contributed by atoms with Crippen LogP contribution in [0.5, 0.6) is 0 Å². The molecule has 0 aliphatic rings. The van der Waals surface area contributed by atoms with E-state index in [0.717, 1.165) is 16.8 Å². The van der Waals surface area contributed by atoms with Crippen molar-refractivity contribution in [1.29, 1.82) is 0 Å². The van der Waals surface area contributed by atoms with E-state index < -0.39 is 0 Å². The number of fused-ring (bicyclic) bond motifs is 1. The van der Waals surface area contributed by atoms with Crippen LogP contribution < -0.4 is 0 Å². The van der Waals surface area contributed by atoms with Crippen molar-refractivity contribution in [3.8, 4) is 11.3 Å². The van der Waals surface area contributed by atoms with Gasteiger partial charge in [0.05, 0.1) is 11.2 Å². The first kappa shape index (κ1) is 12.8. The molecule has 1 heterocycles. The number of nitrogens with zero attached hydrogens (tertiary/aromatic N) is 1. The summed E-state index contributed by atoms with van der Waals surface area (Å²) in [6.07, 6.45) is 0. The highest BCUT2D eigenvalue weighted by Crippen LogP contribution is 2.27. The Hall–Kier alpha value is -2.22. The molecule has 2 heteroatoms. The van der Waals surface area contributed by atoms with Crippen molar-refractivity contribution in [2.75, 3.05) is 0 Å². The lowest BCUT2D eigenvalue weighted by Gasteiger charge is -2.09. The Morgan fingerprint density at radius 3 is 2.30 bits per heavy atom. The van der Waals surface area contributed by atoms with Crippen molar-refractivity contribution in [2.24, 2.45) is 0 Å². The van der Waals surface area contributed by atoms with E-state index in [9.17, 15) is 4.39 Å². The zero-order valence-corrected chi connectivity index (χ0v) is 11.9. The summed E-state index contributed by atoms with van der Waals surface area (Å²) in [5, 5.41) is 0.612. The first-order valence-corrected chi connectivity index (χ1v) is 6.69. The summed E-state index contributed by atoms with van der Waals surface area (Å²) in [6, 6.07) is 13.4. The zero-order valence-electron chi connectivity index (χ0n) is 11.9. The zero-order chi connectivity index (χ0) is 14.3. The van der Waals surface area contributed by atoms with Gasteiger partial charge in [0.15, 0.2) is 0 Å². The second kappa shape index (κ2) is 4.71. The highest BCUT2D eigenvalue weighted by Gasteiger charge is 2.09. The molecule has 0 radical (unpaired) electrons. The molecular formula is C18H16FN. The third-order valence-corrected chi connectivity index (χ3v) is 3.50. The molecule has 1 aromatic heterocycles. The minimum Gasteiger partial charge on any atom is -0.248 e. The van der Waals surface area contributed by atoms with E-state index in [1.54, 1.807) is 6.07 Å². The summed E-state index contributed by atoms with van der Waals surface area (Å²) in [6.45, 7) is 6.08. The second-order valence-corrected chi connectivity index (χ2v) is 5.33. The van der Waals surface area contributed by atoms with E-state index in [0.29, 0.717) is 10.9 Å². The summed E-state index contributed by atoms with van der Waals surface area (Å²) in [4.78, 5) is 4.61. The molecule has 0 bridgehead atoms. The molecule has 0 unspecified atom stereocenters. The number of aryl methyl sites for hydroxylation is 3. The minimum absolute atomic E-state index is 0.209. The lowest BCUT2D eigenvalue weighted by atomic mass is 10.0. The lowest BCUT2D eigenvalue weighted by Crippen LogP contribution is -1.92. The molecule has 0 saturated heterocycles. The molecule has 1 nitrogen and oxygen atoms in total. The van der Waals surface area contributed by atoms with Gasteiger partial charge in [0, 0.05) is 10.9 Å². The summed E-state index contributed by atoms with van der Waals surface area (Å²) < 4.78 is 13.9. The second-order valence-electron chi connectivity index (χ2n) is 5.33. The topological polar surface area (TPSA) is 12.9 Å². The van der Waals surface area contributed by atoms with Crippen molar-refractivity contribution >= 4 is 10.9 Å². The van der Waals surface area contributed by atoms with E-state index in [1.807, 2.05) is 19.1 Å². The van der Waals surface area contributed by atoms with Crippen molar-refractivity contribution in [3.05, 3.63) is 65.0 Å². The number of rotatable bonds is 1. The standard InChI is InChI=1S/C18H16FN/c1-11-7-12(2)9-14(8-11)17-10-13(3)18-15(19)5-4-6-16(18)20-17/h4-10H,1-3H3. The van der Waals surface area contributed by atoms with Crippen LogP contribution in [0.3, 0.4) is 0 Å². The van der Waals surface area contributed by atoms with E-state index in [2.05, 4.69) is 37.0 Å². The Morgan fingerprint density at radius 2 is 1.60 bits per heavy atom. The maximum Gasteiger partial charge on any atom is 0.132 e. The molecule has 0 fully saturated rings. The third-order valence-electron chi connectivity index (χ3n) is 3.50. The van der Waals surface area contributed by atoms with Gasteiger partial charge >= 0.3 is 0 Å². The maximum absolute atomic E-state index is 13.9. The fraction of sp³-hybridized carbons (Fsp3) is 0.167. The molecule has 3 rings (SSSR count). The summed E-state index contributed by atoms with van der Waals surface area (Å²) in [5.41, 5.74) is 6.02. The molecule has 0 N–H and O–H groups in total. The van der Waals surface area contributed by atoms with Gasteiger partial charge in [-0.25, -0.2) is 9.37 Å². The number of pyridine rings is 1. The number of halogens is 1. The molecule has 0 atom stereocenters. The molecular weight excluding hydrogens is 249 g/mol. The summed E-state index contributed by atoms with van der Waals surface area (Å²) in [5.74, 6) is -0.209. The Kier molecular flexibility index (Phi) is 3.01. The number of benzene rings is 2. The van der Waals surface area contributed by atoms with Gasteiger partial charge < -0.3 is 0 Å². The number of aromatic nitrogens is 1. The van der Waals surface area contributed by atoms with Crippen LogP contribution in [0.1, 0.15) is 16.7 Å². The summed E-state index contributed by atoms with van der Waals surface area (Å²) in [7, 11) is 0. The molecule has 3 aromatic rings. The molecule has 0 saturated carbocycles. The van der Waals surface area contributed by atoms with Crippen molar-refractivity contribution in [3.63, 3.8) is 0 Å². The first-order valence-electron chi connectivity index (χ1n) is 6.69. The van der Waals surface area contributed by atoms with Crippen LogP contribution in [0.15, 0.2) is 42.5 Å². The minimum atomic E-state index is -0.209. The van der Waals surface area contributed by atoms with Gasteiger partial charge in [0.1, 0.15) is 5.82 Å². The van der Waals surface area contributed by atoms with Crippen LogP contribution in [0.2, 0.25) is 0 Å². The van der Waals surface area contributed by atoms with E-state index >= 15 is 0 Å². The number of hydrogen-bond donors (Lipinski definition) is 0. The van der Waals surface area contributed by atoms with Gasteiger partial charge in [-0.15, -0.1) is 0 Å². The van der Waals surface area contributed by atoms with Crippen molar-refractivity contribution in [1.82, 2.24) is 4.98 Å². The molecule has 2 aromatic carbocycles. The van der Waals surface area contributed by atoms with Crippen LogP contribution >= 0.6 is 0 Å². The normalized spacial score (nSPS) is 11.0. The van der Waals surface area contributed by atoms with Gasteiger partial charge in [-0.3, -0.25) is 0 Å². The van der Waals surface area contributed by atoms with E-state index in [4.69, 9.17) is 0 Å². The van der Waals surface area contributed by atoms with Crippen molar-refractivity contribution < 1.29 is 4.39 Å². The SMILES string of the molecule is Cc1cc(C)cc(-c2cc(C)c3c(F)cccc3n2)c1. The highest BCUT2D eigenvalue weighted by atomic mass is 19.1. The monoisotopic (exact) mass is 265 g/mol. The van der Waals surface area contributed by atoms with Crippen LogP contribution in [0, 0.1) is 26.6 Å². The first-order chi connectivity index (χ1) is 9.54. The van der Waals surface area contributed by atoms with E-state index in [-0.39, 0.29) is 5.82 Å². The Labute approximate surface area is 118 Å². The van der Waals surface area contributed by atoms with Gasteiger partial charge in [-0.05, 0) is 56.7 Å². The molecule has 0 amide bonds. The predicted molar refractivity (Wildman–Crippen MR) is 81.3 cm³/mol. The molecule has 0 spiro atoms. The molecule has 0 aliphatic carbocycles. The lowest BCUT2D eigenvalue weighted by molar-refractivity contribution is 0.639. The highest BCUT2D eigenvalue weighted by molar-refractivity contribution is 5.85. The van der Waals surface area contributed by atoms with E-state index in [1.165, 1.54) is 17.2 Å². The third kappa shape index (κ3) is 2.18. The largest absolute Gasteiger partial charge is 0.248 e.